The molecule has 47 heavy (non-hydrogen) atoms. The molecular weight excluding hydrogens is 757 g/mol. The Morgan fingerprint density at radius 1 is 0.468 bits per heavy atom. The van der Waals surface area contributed by atoms with Gasteiger partial charge in [-0.1, -0.05) is 158 Å². The maximum Gasteiger partial charge on any atom is 0.250 e. The molecule has 0 heterocycles. The van der Waals surface area contributed by atoms with Gasteiger partial charge >= 0.3 is 0 Å². The van der Waals surface area contributed by atoms with E-state index in [0.29, 0.717) is 15.5 Å². The van der Waals surface area contributed by atoms with Crippen molar-refractivity contribution < 1.29 is 0 Å². The molecule has 1 unspecified atom stereocenters. The van der Waals surface area contributed by atoms with Crippen LogP contribution in [0.3, 0.4) is 0 Å². The molecule has 2 aromatic carbocycles. The van der Waals surface area contributed by atoms with Gasteiger partial charge in [0.1, 0.15) is 0 Å². The molecule has 0 N–H and O–H groups in total. The van der Waals surface area contributed by atoms with Crippen molar-refractivity contribution in [2.45, 2.75) is 154 Å². The summed E-state index contributed by atoms with van der Waals surface area (Å²) < 4.78 is 0. The fraction of sp³-hybridized carbons (Fsp3) is 0.667. The number of hydrogen-bond donors (Lipinski definition) is 2. The van der Waals surface area contributed by atoms with Gasteiger partial charge in [0.15, 0.2) is 0 Å². The summed E-state index contributed by atoms with van der Waals surface area (Å²) in [4.78, 5) is 0. The molecule has 0 fully saturated rings. The van der Waals surface area contributed by atoms with Gasteiger partial charge in [-0.3, -0.25) is 0 Å². The van der Waals surface area contributed by atoms with Crippen LogP contribution < -0.4 is 10.4 Å². The predicted octanol–water partition coefficient (Wildman–Crippen LogP) is 12.8. The third kappa shape index (κ3) is 10.3. The first-order chi connectivity index (χ1) is 20.7. The Labute approximate surface area is 318 Å². The quantitative estimate of drug-likeness (QED) is 0.117. The van der Waals surface area contributed by atoms with Crippen molar-refractivity contribution >= 4 is 109 Å². The van der Waals surface area contributed by atoms with Crippen LogP contribution in [0.5, 0.6) is 0 Å². The Kier molecular flexibility index (Phi) is 14.2. The summed E-state index contributed by atoms with van der Waals surface area (Å²) in [6.07, 6.45) is -2.68. The van der Waals surface area contributed by atoms with Gasteiger partial charge < -0.3 is 0 Å². The first-order valence-corrected chi connectivity index (χ1v) is 46.4. The van der Waals surface area contributed by atoms with E-state index in [1.54, 1.807) is 31.7 Å². The van der Waals surface area contributed by atoms with Gasteiger partial charge in [-0.05, 0) is 84.3 Å². The van der Waals surface area contributed by atoms with Crippen molar-refractivity contribution in [2.24, 2.45) is 0 Å². The van der Waals surface area contributed by atoms with Crippen LogP contribution in [0.1, 0.15) is 48.9 Å². The van der Waals surface area contributed by atoms with Crippen molar-refractivity contribution in [3.63, 3.8) is 0 Å². The number of aryl methyl sites for hydroxylation is 3. The largest absolute Gasteiger partial charge is 0.250 e. The Bertz CT molecular complexity index is 1300. The van der Waals surface area contributed by atoms with E-state index in [0.717, 1.165) is 0 Å². The molecule has 0 spiro atoms. The SMILES string of the molecule is Cc1cc(C)c([Si](S)(SSS)c2c(C([Si](C)(C)C)[Si](C)(C)C)cc(C([Si](C)(C)C)[Si](C)(C)C)cc2C([Si](C)(C)C)[Si](C)(C)C)c(C)c1. The van der Waals surface area contributed by atoms with E-state index in [2.05, 4.69) is 163 Å². The van der Waals surface area contributed by atoms with Crippen molar-refractivity contribution in [3.05, 3.63) is 57.6 Å². The molecule has 0 radical (unpaired) electrons. The number of rotatable bonds is 13. The monoisotopic (exact) mass is 828 g/mol. The second-order valence-electron chi connectivity index (χ2n) is 21.1. The highest BCUT2D eigenvalue weighted by molar-refractivity contribution is 9.14. The molecule has 0 nitrogen and oxygen atoms in total. The van der Waals surface area contributed by atoms with Crippen LogP contribution in [0.25, 0.3) is 0 Å². The minimum absolute atomic E-state index is 0.646. The van der Waals surface area contributed by atoms with Gasteiger partial charge in [0.2, 0.25) is 6.37 Å². The smallest absolute Gasteiger partial charge is 0.180 e. The van der Waals surface area contributed by atoms with Crippen LogP contribution in [0.4, 0.5) is 0 Å². The lowest BCUT2D eigenvalue weighted by molar-refractivity contribution is 1.10. The van der Waals surface area contributed by atoms with Gasteiger partial charge in [-0.25, -0.2) is 0 Å². The fourth-order valence-electron chi connectivity index (χ4n) is 10.5. The zero-order valence-electron chi connectivity index (χ0n) is 34.3. The third-order valence-corrected chi connectivity index (χ3v) is 51.2. The molecule has 1 atom stereocenters. The molecule has 0 bridgehead atoms. The van der Waals surface area contributed by atoms with Gasteiger partial charge in [-0.2, -0.15) is 12.1 Å². The first-order valence-electron chi connectivity index (χ1n) is 17.7. The molecule has 0 saturated carbocycles. The summed E-state index contributed by atoms with van der Waals surface area (Å²) in [7, 11) is -6.11. The molecule has 0 aliphatic carbocycles. The van der Waals surface area contributed by atoms with E-state index in [-0.39, 0.29) is 0 Å². The van der Waals surface area contributed by atoms with E-state index in [1.165, 1.54) is 21.9 Å². The minimum atomic E-state index is -2.68. The van der Waals surface area contributed by atoms with Crippen LogP contribution >= 0.6 is 43.8 Å². The van der Waals surface area contributed by atoms with Crippen molar-refractivity contribution in [2.75, 3.05) is 0 Å². The van der Waals surface area contributed by atoms with Crippen LogP contribution in [0.15, 0.2) is 24.3 Å². The zero-order chi connectivity index (χ0) is 37.1. The predicted molar refractivity (Wildman–Crippen MR) is 254 cm³/mol. The summed E-state index contributed by atoms with van der Waals surface area (Å²) in [6.45, 7) is 54.9. The second-order valence-corrected chi connectivity index (χ2v) is 65.9. The topological polar surface area (TPSA) is 0 Å². The zero-order valence-corrected chi connectivity index (χ0v) is 44.7. The van der Waals surface area contributed by atoms with Gasteiger partial charge in [0.25, 0.3) is 0 Å². The third-order valence-electron chi connectivity index (χ3n) is 9.89. The average Bonchev–Trinajstić information content (AvgIpc) is 2.72. The summed E-state index contributed by atoms with van der Waals surface area (Å²) in [6, 6.07) is 10.6. The van der Waals surface area contributed by atoms with Crippen LogP contribution in [0, 0.1) is 20.8 Å². The van der Waals surface area contributed by atoms with Crippen LogP contribution in [-0.2, 0) is 0 Å². The van der Waals surface area contributed by atoms with Gasteiger partial charge in [0, 0.05) is 48.4 Å². The number of benzene rings is 2. The maximum absolute atomic E-state index is 6.17. The molecule has 0 amide bonds. The molecule has 0 aliphatic heterocycles. The summed E-state index contributed by atoms with van der Waals surface area (Å²) in [5.41, 5.74) is 9.34. The molecule has 11 heteroatoms. The van der Waals surface area contributed by atoms with E-state index < -0.39 is 54.8 Å². The highest BCUT2D eigenvalue weighted by Gasteiger charge is 2.51. The maximum atomic E-state index is 6.17. The van der Waals surface area contributed by atoms with E-state index in [9.17, 15) is 0 Å². The van der Waals surface area contributed by atoms with Gasteiger partial charge in [0.05, 0.1) is 0 Å². The second kappa shape index (κ2) is 15.0. The number of thiol groups is 2. The minimum Gasteiger partial charge on any atom is -0.180 e. The van der Waals surface area contributed by atoms with Crippen molar-refractivity contribution in [1.29, 1.82) is 0 Å². The lowest BCUT2D eigenvalue weighted by Gasteiger charge is -2.48. The van der Waals surface area contributed by atoms with E-state index >= 15 is 0 Å². The van der Waals surface area contributed by atoms with E-state index in [1.807, 2.05) is 10.2 Å². The molecule has 0 aliphatic rings. The summed E-state index contributed by atoms with van der Waals surface area (Å²) >= 11 is 11.1. The molecule has 2 aromatic rings. The molecular formula is C36H72S4Si7. The summed E-state index contributed by atoms with van der Waals surface area (Å²) in [5, 5.41) is 5.22. The highest BCUT2D eigenvalue weighted by Crippen LogP contribution is 2.48. The lowest BCUT2D eigenvalue weighted by Crippen LogP contribution is -2.61. The molecule has 2 rings (SSSR count). The Morgan fingerprint density at radius 2 is 0.766 bits per heavy atom. The molecule has 0 aromatic heterocycles. The lowest BCUT2D eigenvalue weighted by atomic mass is 10.1. The molecule has 268 valence electrons. The van der Waals surface area contributed by atoms with Crippen LogP contribution in [-0.4, -0.2) is 54.8 Å². The van der Waals surface area contributed by atoms with Crippen molar-refractivity contribution in [1.82, 2.24) is 0 Å². The van der Waals surface area contributed by atoms with Gasteiger partial charge in [-0.15, -0.1) is 11.7 Å². The Morgan fingerprint density at radius 3 is 1.02 bits per heavy atom. The fourth-order valence-corrected chi connectivity index (χ4v) is 64.6. The average molecular weight is 830 g/mol. The standard InChI is InChI=1S/C36H72S4Si7/c1-26-22-27(2)32(28(3)23-26)47(38,40-39-37)33-30(35(43(10,11)12)44(13,14)15)24-29(34(41(4,5)6)42(7,8)9)25-31(33)36(45(16,17)18)46(19,20)21/h22-25,34-38H,1-21H3. The van der Waals surface area contributed by atoms with Crippen LogP contribution in [0.2, 0.25) is 118 Å². The number of hydrogen-bond acceptors (Lipinski definition) is 4. The van der Waals surface area contributed by atoms with E-state index in [4.69, 9.17) is 23.7 Å². The summed E-state index contributed by atoms with van der Waals surface area (Å²) in [5.74, 6) is 0. The Balaban J connectivity index is 3.63. The highest BCUT2D eigenvalue weighted by atomic mass is 33.5. The van der Waals surface area contributed by atoms with Crippen molar-refractivity contribution in [3.8, 4) is 0 Å². The first kappa shape index (κ1) is 44.5. The Hall–Kier alpha value is 1.36. The normalized spacial score (nSPS) is 15.6. The molecule has 0 saturated heterocycles.